The second-order valence-corrected chi connectivity index (χ2v) is 13.9. The Kier molecular flexibility index (Phi) is 5.80. The Morgan fingerprint density at radius 1 is 0.460 bits per heavy atom. The highest BCUT2D eigenvalue weighted by Gasteiger charge is 2.19. The molecule has 4 aromatic heterocycles. The van der Waals surface area contributed by atoms with Crippen molar-refractivity contribution < 1.29 is 0 Å². The third kappa shape index (κ3) is 3.95. The van der Waals surface area contributed by atoms with E-state index >= 15 is 0 Å². The average molecular weight is 655 g/mol. The number of thiophene rings is 1. The first-order chi connectivity index (χ1) is 24.8. The van der Waals surface area contributed by atoms with E-state index < -0.39 is 0 Å². The Bertz CT molecular complexity index is 3160. The predicted molar refractivity (Wildman–Crippen MR) is 210 cm³/mol. The van der Waals surface area contributed by atoms with E-state index in [4.69, 9.17) is 9.97 Å². The van der Waals surface area contributed by atoms with Gasteiger partial charge in [0.25, 0.3) is 0 Å². The molecule has 0 aliphatic heterocycles. The summed E-state index contributed by atoms with van der Waals surface area (Å²) in [4.78, 5) is 14.9. The lowest BCUT2D eigenvalue weighted by atomic mass is 9.91. The smallest absolute Gasteiger partial charge is 0.235 e. The van der Waals surface area contributed by atoms with Crippen LogP contribution in [0.4, 0.5) is 0 Å². The Labute approximate surface area is 290 Å². The molecule has 0 amide bonds. The van der Waals surface area contributed by atoms with Crippen molar-refractivity contribution in [3.05, 3.63) is 158 Å². The summed E-state index contributed by atoms with van der Waals surface area (Å²) in [5, 5.41) is 11.0. The Balaban J connectivity index is 1.19. The molecule has 0 fully saturated rings. The fraction of sp³-hybridized carbons (Fsp3) is 0. The topological polar surface area (TPSA) is 43.6 Å². The molecule has 0 saturated carbocycles. The molecule has 0 atom stereocenters. The average Bonchev–Trinajstić information content (AvgIpc) is 3.73. The maximum absolute atomic E-state index is 5.24. The summed E-state index contributed by atoms with van der Waals surface area (Å²) >= 11 is 1.87. The van der Waals surface area contributed by atoms with Gasteiger partial charge >= 0.3 is 0 Å². The van der Waals surface area contributed by atoms with E-state index in [0.717, 1.165) is 44.0 Å². The summed E-state index contributed by atoms with van der Waals surface area (Å²) in [6.45, 7) is 0. The molecule has 50 heavy (non-hydrogen) atoms. The number of rotatable bonds is 3. The molecule has 4 nitrogen and oxygen atoms in total. The summed E-state index contributed by atoms with van der Waals surface area (Å²) in [5.41, 5.74) is 7.29. The number of nitrogens with zero attached hydrogens (tertiary/aromatic N) is 4. The van der Waals surface area contributed by atoms with Crippen molar-refractivity contribution in [1.82, 2.24) is 19.5 Å². The predicted octanol–water partition coefficient (Wildman–Crippen LogP) is 12.1. The summed E-state index contributed by atoms with van der Waals surface area (Å²) in [7, 11) is 0. The van der Waals surface area contributed by atoms with Crippen LogP contribution in [0.2, 0.25) is 0 Å². The molecule has 0 N–H and O–H groups in total. The summed E-state index contributed by atoms with van der Waals surface area (Å²) in [6.07, 6.45) is 3.80. The molecule has 4 heterocycles. The van der Waals surface area contributed by atoms with E-state index in [2.05, 4.69) is 137 Å². The lowest BCUT2D eigenvalue weighted by Crippen LogP contribution is -2.03. The van der Waals surface area contributed by atoms with Crippen molar-refractivity contribution in [2.45, 2.75) is 0 Å². The van der Waals surface area contributed by atoms with Crippen LogP contribution in [0.15, 0.2) is 158 Å². The van der Waals surface area contributed by atoms with Crippen LogP contribution in [0.5, 0.6) is 0 Å². The van der Waals surface area contributed by atoms with Gasteiger partial charge in [0.2, 0.25) is 5.95 Å². The molecule has 0 aliphatic rings. The number of hydrogen-bond donors (Lipinski definition) is 0. The molecular formula is C45H26N4S. The van der Waals surface area contributed by atoms with Gasteiger partial charge in [0.05, 0.1) is 28.4 Å². The molecule has 11 aromatic rings. The zero-order chi connectivity index (χ0) is 32.8. The first kappa shape index (κ1) is 27.5. The van der Waals surface area contributed by atoms with E-state index in [1.807, 2.05) is 41.9 Å². The van der Waals surface area contributed by atoms with Gasteiger partial charge in [0.1, 0.15) is 0 Å². The van der Waals surface area contributed by atoms with Crippen LogP contribution in [0, 0.1) is 0 Å². The molecule has 0 aliphatic carbocycles. The van der Waals surface area contributed by atoms with Crippen LogP contribution in [-0.2, 0) is 0 Å². The number of pyridine rings is 1. The molecule has 232 valence electrons. The zero-order valence-corrected chi connectivity index (χ0v) is 27.5. The minimum atomic E-state index is 0.631. The second kappa shape index (κ2) is 10.5. The van der Waals surface area contributed by atoms with Gasteiger partial charge in [0.15, 0.2) is 0 Å². The molecular weight excluding hydrogens is 629 g/mol. The van der Waals surface area contributed by atoms with Crippen molar-refractivity contribution in [2.24, 2.45) is 0 Å². The van der Waals surface area contributed by atoms with Gasteiger partial charge < -0.3 is 0 Å². The van der Waals surface area contributed by atoms with Gasteiger partial charge in [-0.15, -0.1) is 11.3 Å². The third-order valence-electron chi connectivity index (χ3n) is 10.1. The molecule has 0 unspecified atom stereocenters. The lowest BCUT2D eigenvalue weighted by Gasteiger charge is -2.13. The molecule has 0 bridgehead atoms. The first-order valence-electron chi connectivity index (χ1n) is 16.8. The second-order valence-electron chi connectivity index (χ2n) is 12.8. The molecule has 11 rings (SSSR count). The van der Waals surface area contributed by atoms with Gasteiger partial charge in [-0.2, -0.15) is 0 Å². The fourth-order valence-corrected chi connectivity index (χ4v) is 9.00. The van der Waals surface area contributed by atoms with E-state index in [9.17, 15) is 0 Å². The fourth-order valence-electron chi connectivity index (χ4n) is 7.87. The van der Waals surface area contributed by atoms with Gasteiger partial charge in [-0.25, -0.2) is 9.97 Å². The maximum atomic E-state index is 5.24. The number of fused-ring (bicyclic) bond motifs is 11. The highest BCUT2D eigenvalue weighted by atomic mass is 32.1. The number of aromatic nitrogens is 4. The van der Waals surface area contributed by atoms with Gasteiger partial charge in [0, 0.05) is 48.1 Å². The molecule has 0 radical (unpaired) electrons. The highest BCUT2D eigenvalue weighted by molar-refractivity contribution is 7.26. The highest BCUT2D eigenvalue weighted by Crippen LogP contribution is 2.44. The maximum Gasteiger partial charge on any atom is 0.235 e. The lowest BCUT2D eigenvalue weighted by molar-refractivity contribution is 1.01. The van der Waals surface area contributed by atoms with Crippen LogP contribution in [0.25, 0.3) is 103 Å². The van der Waals surface area contributed by atoms with E-state index in [0.29, 0.717) is 5.95 Å². The van der Waals surface area contributed by atoms with Gasteiger partial charge in [-0.05, 0) is 75.1 Å². The van der Waals surface area contributed by atoms with Crippen molar-refractivity contribution in [3.8, 4) is 28.3 Å². The van der Waals surface area contributed by atoms with Gasteiger partial charge in [-0.3, -0.25) is 9.55 Å². The Morgan fingerprint density at radius 2 is 1.22 bits per heavy atom. The monoisotopic (exact) mass is 654 g/mol. The van der Waals surface area contributed by atoms with E-state index in [1.54, 1.807) is 0 Å². The van der Waals surface area contributed by atoms with Crippen LogP contribution in [0.3, 0.4) is 0 Å². The van der Waals surface area contributed by atoms with E-state index in [1.165, 1.54) is 52.8 Å². The zero-order valence-electron chi connectivity index (χ0n) is 26.7. The number of benzene rings is 7. The quantitative estimate of drug-likeness (QED) is 0.178. The molecule has 7 aromatic carbocycles. The molecule has 0 spiro atoms. The minimum Gasteiger partial charge on any atom is -0.276 e. The SMILES string of the molecule is c1ccc(-c2nc(-n3c4ccc(-c5cc6c(ccc7sc8ccccc8c76)c6ccccc56)cc4c4ccncc43)nc3ccccc23)cc1. The van der Waals surface area contributed by atoms with Crippen molar-refractivity contribution in [3.63, 3.8) is 0 Å². The van der Waals surface area contributed by atoms with E-state index in [-0.39, 0.29) is 0 Å². The Hall–Kier alpha value is -6.43. The summed E-state index contributed by atoms with van der Waals surface area (Å²) in [6, 6.07) is 52.1. The van der Waals surface area contributed by atoms with Crippen LogP contribution in [-0.4, -0.2) is 19.5 Å². The largest absolute Gasteiger partial charge is 0.276 e. The van der Waals surface area contributed by atoms with Gasteiger partial charge in [-0.1, -0.05) is 103 Å². The standard InChI is InChI=1S/C45H26N4S/c1-2-10-27(11-3-1)44-33-14-6-8-16-38(33)47-45(48-44)49-39-20-18-28(24-36(39)32-22-23-46-26-40(32)49)35-25-37-31(29-12-4-5-13-30(29)35)19-21-42-43(37)34-15-7-9-17-41(34)50-42/h1-26H. The van der Waals surface area contributed by atoms with Crippen molar-refractivity contribution in [2.75, 3.05) is 0 Å². The normalized spacial score (nSPS) is 12.0. The Morgan fingerprint density at radius 3 is 2.12 bits per heavy atom. The number of para-hydroxylation sites is 1. The van der Waals surface area contributed by atoms with Crippen LogP contribution < -0.4 is 0 Å². The summed E-state index contributed by atoms with van der Waals surface area (Å²) in [5.74, 6) is 0.631. The molecule has 0 saturated heterocycles. The molecule has 5 heteroatoms. The first-order valence-corrected chi connectivity index (χ1v) is 17.6. The van der Waals surface area contributed by atoms with Crippen molar-refractivity contribution in [1.29, 1.82) is 0 Å². The number of hydrogen-bond acceptors (Lipinski definition) is 4. The van der Waals surface area contributed by atoms with Crippen molar-refractivity contribution >= 4 is 85.8 Å². The third-order valence-corrected chi connectivity index (χ3v) is 11.2. The summed E-state index contributed by atoms with van der Waals surface area (Å²) < 4.78 is 4.80. The minimum absolute atomic E-state index is 0.631. The van der Waals surface area contributed by atoms with Crippen LogP contribution >= 0.6 is 11.3 Å². The van der Waals surface area contributed by atoms with Crippen LogP contribution in [0.1, 0.15) is 0 Å².